The van der Waals surface area contributed by atoms with Crippen LogP contribution in [-0.2, 0) is 28.2 Å². The van der Waals surface area contributed by atoms with E-state index >= 15 is 0 Å². The third-order valence-electron chi connectivity index (χ3n) is 6.65. The Bertz CT molecular complexity index is 893. The zero-order valence-electron chi connectivity index (χ0n) is 17.2. The van der Waals surface area contributed by atoms with Crippen LogP contribution in [0.15, 0.2) is 12.4 Å². The highest BCUT2D eigenvalue weighted by Crippen LogP contribution is 2.45. The Kier molecular flexibility index (Phi) is 4.66. The van der Waals surface area contributed by atoms with Crippen LogP contribution in [0.25, 0.3) is 0 Å². The Morgan fingerprint density at radius 3 is 3.03 bits per heavy atom. The van der Waals surface area contributed by atoms with Gasteiger partial charge < -0.3 is 14.6 Å². The Balaban J connectivity index is 1.23. The van der Waals surface area contributed by atoms with Crippen molar-refractivity contribution in [3.05, 3.63) is 29.6 Å². The first kappa shape index (κ1) is 18.7. The lowest BCUT2D eigenvalue weighted by atomic mass is 9.85. The van der Waals surface area contributed by atoms with Crippen molar-refractivity contribution in [2.24, 2.45) is 5.92 Å². The first-order valence-electron chi connectivity index (χ1n) is 10.6. The van der Waals surface area contributed by atoms with Crippen LogP contribution in [-0.4, -0.2) is 61.7 Å². The number of nitrogens with zero attached hydrogens (tertiary/aromatic N) is 6. The predicted octanol–water partition coefficient (Wildman–Crippen LogP) is 1.00. The molecule has 2 atom stereocenters. The van der Waals surface area contributed by atoms with Gasteiger partial charge in [0.25, 0.3) is 0 Å². The van der Waals surface area contributed by atoms with Gasteiger partial charge in [0.05, 0.1) is 23.0 Å². The summed E-state index contributed by atoms with van der Waals surface area (Å²) in [5, 5.41) is 11.7. The van der Waals surface area contributed by atoms with E-state index in [2.05, 4.69) is 43.2 Å². The van der Waals surface area contributed by atoms with Gasteiger partial charge in [-0.15, -0.1) is 5.10 Å². The third-order valence-corrected chi connectivity index (χ3v) is 6.65. The van der Waals surface area contributed by atoms with Crippen molar-refractivity contribution in [2.75, 3.05) is 26.3 Å². The fourth-order valence-electron chi connectivity index (χ4n) is 5.18. The van der Waals surface area contributed by atoms with Gasteiger partial charge in [0.15, 0.2) is 0 Å². The summed E-state index contributed by atoms with van der Waals surface area (Å²) in [5.41, 5.74) is 2.22. The molecule has 3 aliphatic heterocycles. The number of imidazole rings is 1. The number of hydrogen-bond acceptors (Lipinski definition) is 6. The largest absolute Gasteiger partial charge is 0.381 e. The summed E-state index contributed by atoms with van der Waals surface area (Å²) >= 11 is 0. The number of amides is 1. The molecule has 0 saturated carbocycles. The molecule has 2 fully saturated rings. The number of ether oxygens (including phenoxy) is 1. The van der Waals surface area contributed by atoms with Crippen LogP contribution in [0, 0.1) is 12.8 Å². The average molecular weight is 399 g/mol. The molecular formula is C20H29N7O2. The van der Waals surface area contributed by atoms with Crippen LogP contribution in [0.1, 0.15) is 49.4 Å². The summed E-state index contributed by atoms with van der Waals surface area (Å²) in [5.74, 6) is 1.45. The Labute approximate surface area is 170 Å². The predicted molar refractivity (Wildman–Crippen MR) is 105 cm³/mol. The first-order chi connectivity index (χ1) is 14.1. The zero-order chi connectivity index (χ0) is 20.0. The summed E-state index contributed by atoms with van der Waals surface area (Å²) in [6, 6.07) is -0.00783. The lowest BCUT2D eigenvalue weighted by Crippen LogP contribution is -2.60. The Morgan fingerprint density at radius 2 is 2.28 bits per heavy atom. The number of carbonyl (C=O) groups excluding carboxylic acids is 1. The highest BCUT2D eigenvalue weighted by molar-refractivity contribution is 5.76. The molecule has 0 aliphatic carbocycles. The Hall–Kier alpha value is -2.26. The monoisotopic (exact) mass is 399 g/mol. The van der Waals surface area contributed by atoms with Gasteiger partial charge in [-0.05, 0) is 26.2 Å². The van der Waals surface area contributed by atoms with Gasteiger partial charge >= 0.3 is 0 Å². The van der Waals surface area contributed by atoms with E-state index in [-0.39, 0.29) is 17.5 Å². The van der Waals surface area contributed by atoms with Gasteiger partial charge in [-0.3, -0.25) is 9.69 Å². The number of hydrogen-bond donors (Lipinski definition) is 1. The summed E-state index contributed by atoms with van der Waals surface area (Å²) in [6.07, 6.45) is 6.34. The van der Waals surface area contributed by atoms with Crippen LogP contribution in [0.4, 0.5) is 0 Å². The number of rotatable bonds is 6. The van der Waals surface area contributed by atoms with Crippen molar-refractivity contribution in [3.8, 4) is 0 Å². The maximum atomic E-state index is 12.6. The lowest BCUT2D eigenvalue weighted by Gasteiger charge is -2.49. The van der Waals surface area contributed by atoms with Gasteiger partial charge in [-0.2, -0.15) is 0 Å². The standard InChI is InChI=1S/C20H29N7O2/c1-3-27-17(14(2)23-24-27)10-25-12-20(13-25)9-16(19-21-5-6-26(19)20)22-18(28)8-15-4-7-29-11-15/h5-6,15-16H,3-4,7-13H2,1-2H3,(H,22,28). The highest BCUT2D eigenvalue weighted by atomic mass is 16.5. The van der Waals surface area contributed by atoms with Crippen molar-refractivity contribution in [2.45, 2.75) is 57.8 Å². The van der Waals surface area contributed by atoms with Gasteiger partial charge in [0.2, 0.25) is 5.91 Å². The second-order valence-corrected chi connectivity index (χ2v) is 8.72. The van der Waals surface area contributed by atoms with Crippen LogP contribution in [0.3, 0.4) is 0 Å². The van der Waals surface area contributed by atoms with Gasteiger partial charge in [-0.25, -0.2) is 9.67 Å². The number of aromatic nitrogens is 5. The minimum atomic E-state index is -0.00783. The third kappa shape index (κ3) is 3.26. The number of nitrogens with one attached hydrogen (secondary N) is 1. The molecule has 0 aromatic carbocycles. The minimum Gasteiger partial charge on any atom is -0.381 e. The lowest BCUT2D eigenvalue weighted by molar-refractivity contribution is -0.123. The van der Waals surface area contributed by atoms with E-state index in [1.54, 1.807) is 0 Å². The molecule has 1 N–H and O–H groups in total. The first-order valence-corrected chi connectivity index (χ1v) is 10.6. The normalized spacial score (nSPS) is 25.3. The van der Waals surface area contributed by atoms with Crippen LogP contribution < -0.4 is 5.32 Å². The molecule has 1 spiro atoms. The molecule has 29 heavy (non-hydrogen) atoms. The summed E-state index contributed by atoms with van der Waals surface area (Å²) in [6.45, 7) is 9.19. The van der Waals surface area contributed by atoms with Crippen molar-refractivity contribution in [1.29, 1.82) is 0 Å². The zero-order valence-corrected chi connectivity index (χ0v) is 17.2. The molecule has 3 aliphatic rings. The maximum Gasteiger partial charge on any atom is 0.220 e. The molecular weight excluding hydrogens is 370 g/mol. The summed E-state index contributed by atoms with van der Waals surface area (Å²) in [4.78, 5) is 19.6. The molecule has 1 amide bonds. The fourth-order valence-corrected chi connectivity index (χ4v) is 5.18. The van der Waals surface area contributed by atoms with Gasteiger partial charge in [-0.1, -0.05) is 5.21 Å². The second kappa shape index (κ2) is 7.21. The molecule has 2 aromatic rings. The molecule has 5 rings (SSSR count). The number of fused-ring (bicyclic) bond motifs is 2. The van der Waals surface area contributed by atoms with Crippen molar-refractivity contribution < 1.29 is 9.53 Å². The maximum absolute atomic E-state index is 12.6. The van der Waals surface area contributed by atoms with Crippen LogP contribution in [0.2, 0.25) is 0 Å². The molecule has 156 valence electrons. The van der Waals surface area contributed by atoms with E-state index in [1.165, 1.54) is 5.69 Å². The van der Waals surface area contributed by atoms with E-state index in [1.807, 2.05) is 17.8 Å². The van der Waals surface area contributed by atoms with Gasteiger partial charge in [0.1, 0.15) is 5.82 Å². The van der Waals surface area contributed by atoms with Crippen molar-refractivity contribution in [3.63, 3.8) is 0 Å². The minimum absolute atomic E-state index is 0.00783. The SMILES string of the molecule is CCn1nnc(C)c1CN1CC2(CC(NC(=O)CC3CCOC3)c3nccn32)C1. The highest BCUT2D eigenvalue weighted by Gasteiger charge is 2.52. The van der Waals surface area contributed by atoms with Crippen LogP contribution >= 0.6 is 0 Å². The molecule has 9 heteroatoms. The summed E-state index contributed by atoms with van der Waals surface area (Å²) in [7, 11) is 0. The molecule has 2 aromatic heterocycles. The van der Waals surface area contributed by atoms with Crippen molar-refractivity contribution >= 4 is 5.91 Å². The van der Waals surface area contributed by atoms with Gasteiger partial charge in [0, 0.05) is 64.6 Å². The number of aryl methyl sites for hydroxylation is 2. The van der Waals surface area contributed by atoms with E-state index in [9.17, 15) is 4.79 Å². The van der Waals surface area contributed by atoms with Crippen LogP contribution in [0.5, 0.6) is 0 Å². The molecule has 0 bridgehead atoms. The van der Waals surface area contributed by atoms with E-state index in [0.717, 1.165) is 57.1 Å². The molecule has 2 saturated heterocycles. The van der Waals surface area contributed by atoms with E-state index in [4.69, 9.17) is 4.74 Å². The smallest absolute Gasteiger partial charge is 0.220 e. The Morgan fingerprint density at radius 1 is 1.41 bits per heavy atom. The quantitative estimate of drug-likeness (QED) is 0.780. The molecule has 9 nitrogen and oxygen atoms in total. The fraction of sp³-hybridized carbons (Fsp3) is 0.700. The van der Waals surface area contributed by atoms with Crippen molar-refractivity contribution in [1.82, 2.24) is 34.8 Å². The average Bonchev–Trinajstić information content (AvgIpc) is 3.42. The number of carbonyl (C=O) groups is 1. The van der Waals surface area contributed by atoms with E-state index in [0.29, 0.717) is 18.9 Å². The number of likely N-dealkylation sites (tertiary alicyclic amines) is 1. The van der Waals surface area contributed by atoms with E-state index < -0.39 is 0 Å². The topological polar surface area (TPSA) is 90.1 Å². The molecule has 5 heterocycles. The molecule has 0 radical (unpaired) electrons. The summed E-state index contributed by atoms with van der Waals surface area (Å²) < 4.78 is 9.67. The second-order valence-electron chi connectivity index (χ2n) is 8.72. The molecule has 2 unspecified atom stereocenters.